The maximum atomic E-state index is 15.5. The van der Waals surface area contributed by atoms with Crippen LogP contribution in [0, 0.1) is 17.6 Å². The normalized spacial score (nSPS) is 23.6. The van der Waals surface area contributed by atoms with Crippen molar-refractivity contribution in [2.24, 2.45) is 5.92 Å². The van der Waals surface area contributed by atoms with Crippen molar-refractivity contribution in [1.29, 1.82) is 0 Å². The lowest BCUT2D eigenvalue weighted by Gasteiger charge is -2.50. The molecule has 0 aliphatic carbocycles. The number of sulfone groups is 1. The van der Waals surface area contributed by atoms with Crippen molar-refractivity contribution in [1.82, 2.24) is 9.97 Å². The van der Waals surface area contributed by atoms with Crippen LogP contribution in [0.25, 0.3) is 11.0 Å². The highest BCUT2D eigenvalue weighted by molar-refractivity contribution is 7.92. The van der Waals surface area contributed by atoms with Crippen molar-refractivity contribution in [2.45, 2.75) is 28.6 Å². The lowest BCUT2D eigenvalue weighted by Crippen LogP contribution is -2.58. The summed E-state index contributed by atoms with van der Waals surface area (Å²) < 4.78 is 69.0. The zero-order chi connectivity index (χ0) is 25.1. The van der Waals surface area contributed by atoms with E-state index in [2.05, 4.69) is 9.97 Å². The van der Waals surface area contributed by atoms with Gasteiger partial charge in [-0.1, -0.05) is 23.7 Å². The number of hydrogen-bond donors (Lipinski definition) is 1. The highest BCUT2D eigenvalue weighted by Gasteiger charge is 2.61. The summed E-state index contributed by atoms with van der Waals surface area (Å²) in [4.78, 5) is 7.81. The van der Waals surface area contributed by atoms with Crippen LogP contribution in [0.2, 0.25) is 5.02 Å². The molecule has 1 aromatic heterocycles. The Bertz CT molecular complexity index is 1540. The molecule has 3 atom stereocenters. The van der Waals surface area contributed by atoms with Crippen molar-refractivity contribution in [2.75, 3.05) is 13.2 Å². The minimum absolute atomic E-state index is 0.0298. The van der Waals surface area contributed by atoms with Crippen LogP contribution < -0.4 is 4.74 Å². The molecule has 10 heteroatoms. The van der Waals surface area contributed by atoms with E-state index in [4.69, 9.17) is 21.1 Å². The molecule has 0 saturated carbocycles. The van der Waals surface area contributed by atoms with Gasteiger partial charge in [0, 0.05) is 24.0 Å². The molecule has 3 aromatic carbocycles. The quantitative estimate of drug-likeness (QED) is 0.392. The van der Waals surface area contributed by atoms with Crippen molar-refractivity contribution < 1.29 is 26.7 Å². The maximum absolute atomic E-state index is 15.5. The van der Waals surface area contributed by atoms with Crippen molar-refractivity contribution >= 4 is 32.5 Å². The standard InChI is InChI=1S/C26H21ClF2N2O4S/c27-15-5-7-16(8-6-15)36(32,33)26-11-12-34-22(13-23-30-20-3-1-2-4-21(20)31-23)17(26)14-35-25-19(29)10-9-18(28)24(25)26/h1-10,17,22H,11-14H2,(H,30,31)/t17-,22-,26-/m0/s1. The van der Waals surface area contributed by atoms with E-state index in [9.17, 15) is 12.8 Å². The van der Waals surface area contributed by atoms with Crippen molar-refractivity contribution in [3.8, 4) is 5.75 Å². The van der Waals surface area contributed by atoms with Gasteiger partial charge in [-0.3, -0.25) is 0 Å². The fourth-order valence-electron chi connectivity index (χ4n) is 5.54. The molecule has 1 fully saturated rings. The zero-order valence-electron chi connectivity index (χ0n) is 18.9. The van der Waals surface area contributed by atoms with E-state index in [0.717, 1.165) is 23.2 Å². The molecular formula is C26H21ClF2N2O4S. The number of halogens is 3. The van der Waals surface area contributed by atoms with Crippen LogP contribution in [-0.2, 0) is 25.7 Å². The average molecular weight is 531 g/mol. The molecule has 0 spiro atoms. The summed E-state index contributed by atoms with van der Waals surface area (Å²) in [5.41, 5.74) is 1.31. The number of fused-ring (bicyclic) bond motifs is 4. The van der Waals surface area contributed by atoms with Gasteiger partial charge in [0.1, 0.15) is 16.4 Å². The van der Waals surface area contributed by atoms with Gasteiger partial charge in [0.15, 0.2) is 21.4 Å². The van der Waals surface area contributed by atoms with Crippen molar-refractivity contribution in [3.63, 3.8) is 0 Å². The second kappa shape index (κ2) is 8.54. The first kappa shape index (κ1) is 23.4. The van der Waals surface area contributed by atoms with E-state index in [1.54, 1.807) is 0 Å². The number of H-pyrrole nitrogens is 1. The van der Waals surface area contributed by atoms with Crippen LogP contribution >= 0.6 is 11.6 Å². The van der Waals surface area contributed by atoms with Gasteiger partial charge < -0.3 is 14.5 Å². The molecule has 2 aliphatic rings. The third-order valence-corrected chi connectivity index (χ3v) is 9.99. The van der Waals surface area contributed by atoms with Crippen LogP contribution in [-0.4, -0.2) is 37.7 Å². The second-order valence-electron chi connectivity index (χ2n) is 9.06. The lowest BCUT2D eigenvalue weighted by atomic mass is 9.75. The third-order valence-electron chi connectivity index (χ3n) is 7.18. The second-order valence-corrected chi connectivity index (χ2v) is 11.7. The summed E-state index contributed by atoms with van der Waals surface area (Å²) in [6.07, 6.45) is -0.500. The molecular weight excluding hydrogens is 510 g/mol. The number of hydrogen-bond acceptors (Lipinski definition) is 5. The molecule has 4 aromatic rings. The topological polar surface area (TPSA) is 81.3 Å². The van der Waals surface area contributed by atoms with Crippen LogP contribution in [0.3, 0.4) is 0 Å². The van der Waals surface area contributed by atoms with Crippen LogP contribution in [0.1, 0.15) is 17.8 Å². The van der Waals surface area contributed by atoms with Crippen LogP contribution in [0.15, 0.2) is 65.6 Å². The molecule has 186 valence electrons. The Morgan fingerprint density at radius 2 is 1.81 bits per heavy atom. The highest BCUT2D eigenvalue weighted by atomic mass is 35.5. The summed E-state index contributed by atoms with van der Waals surface area (Å²) in [6, 6.07) is 15.1. The van der Waals surface area contributed by atoms with E-state index in [1.165, 1.54) is 24.3 Å². The Morgan fingerprint density at radius 1 is 1.06 bits per heavy atom. The number of para-hydroxylation sites is 2. The minimum Gasteiger partial charge on any atom is -0.490 e. The van der Waals surface area contributed by atoms with Crippen LogP contribution in [0.5, 0.6) is 5.75 Å². The molecule has 1 saturated heterocycles. The molecule has 0 radical (unpaired) electrons. The number of ether oxygens (including phenoxy) is 2. The maximum Gasteiger partial charge on any atom is 0.189 e. The highest BCUT2D eigenvalue weighted by Crippen LogP contribution is 2.55. The van der Waals surface area contributed by atoms with E-state index >= 15 is 4.39 Å². The zero-order valence-corrected chi connectivity index (χ0v) is 20.5. The number of rotatable bonds is 4. The van der Waals surface area contributed by atoms with Gasteiger partial charge >= 0.3 is 0 Å². The first-order valence-electron chi connectivity index (χ1n) is 11.5. The number of aromatic nitrogens is 2. The minimum atomic E-state index is -4.26. The summed E-state index contributed by atoms with van der Waals surface area (Å²) in [5.74, 6) is -2.24. The Labute approximate surface area is 211 Å². The van der Waals surface area contributed by atoms with Gasteiger partial charge in [0.2, 0.25) is 0 Å². The van der Waals surface area contributed by atoms with Gasteiger partial charge in [-0.05, 0) is 55.0 Å². The molecule has 36 heavy (non-hydrogen) atoms. The third kappa shape index (κ3) is 3.44. The van der Waals surface area contributed by atoms with Gasteiger partial charge in [-0.15, -0.1) is 0 Å². The lowest BCUT2D eigenvalue weighted by molar-refractivity contribution is -0.0724. The molecule has 1 N–H and O–H groups in total. The van der Waals surface area contributed by atoms with Gasteiger partial charge in [0.05, 0.1) is 34.2 Å². The Morgan fingerprint density at radius 3 is 2.58 bits per heavy atom. The summed E-state index contributed by atoms with van der Waals surface area (Å²) >= 11 is 6.00. The number of benzene rings is 3. The predicted molar refractivity (Wildman–Crippen MR) is 130 cm³/mol. The molecule has 3 heterocycles. The summed E-state index contributed by atoms with van der Waals surface area (Å²) in [6.45, 7) is -0.130. The molecule has 6 rings (SSSR count). The smallest absolute Gasteiger partial charge is 0.189 e. The van der Waals surface area contributed by atoms with Gasteiger partial charge in [0.25, 0.3) is 0 Å². The molecule has 6 nitrogen and oxygen atoms in total. The van der Waals surface area contributed by atoms with E-state index < -0.39 is 38.2 Å². The van der Waals surface area contributed by atoms with Gasteiger partial charge in [-0.25, -0.2) is 22.2 Å². The number of nitrogens with one attached hydrogen (secondary N) is 1. The monoisotopic (exact) mass is 530 g/mol. The SMILES string of the molecule is O=S(=O)(c1ccc(Cl)cc1)[C@@]12CCO[C@@H](Cc3nc4ccccc4[nH]3)[C@@H]1COc1c(F)ccc(F)c12. The van der Waals surface area contributed by atoms with E-state index in [-0.39, 0.29) is 42.3 Å². The van der Waals surface area contributed by atoms with Crippen molar-refractivity contribution in [3.05, 3.63) is 88.7 Å². The summed E-state index contributed by atoms with van der Waals surface area (Å²) in [5, 5.41) is 0.363. The average Bonchev–Trinajstić information content (AvgIpc) is 3.28. The Balaban J connectivity index is 1.52. The Kier molecular flexibility index (Phi) is 5.55. The number of aromatic amines is 1. The number of nitrogens with zero attached hydrogens (tertiary/aromatic N) is 1. The van der Waals surface area contributed by atoms with Crippen LogP contribution in [0.4, 0.5) is 8.78 Å². The van der Waals surface area contributed by atoms with Gasteiger partial charge in [-0.2, -0.15) is 0 Å². The largest absolute Gasteiger partial charge is 0.490 e. The Hall–Kier alpha value is -3.01. The molecule has 2 aliphatic heterocycles. The van der Waals surface area contributed by atoms with E-state index in [1.807, 2.05) is 24.3 Å². The molecule has 0 amide bonds. The summed E-state index contributed by atoms with van der Waals surface area (Å²) in [7, 11) is -4.26. The fraction of sp³-hybridized carbons (Fsp3) is 0.269. The van der Waals surface area contributed by atoms with E-state index in [0.29, 0.717) is 10.8 Å². The molecule has 0 bridgehead atoms. The molecule has 0 unspecified atom stereocenters. The first-order valence-corrected chi connectivity index (χ1v) is 13.3. The fourth-order valence-corrected chi connectivity index (χ4v) is 8.01. The first-order chi connectivity index (χ1) is 17.3. The predicted octanol–water partition coefficient (Wildman–Crippen LogP) is 5.20. The number of imidazole rings is 1.